The Balaban J connectivity index is 2.38. The summed E-state index contributed by atoms with van der Waals surface area (Å²) in [6.45, 7) is 1.88. The molecule has 0 N–H and O–H groups in total. The van der Waals surface area contributed by atoms with Crippen molar-refractivity contribution in [2.75, 3.05) is 14.1 Å². The molecule has 0 aliphatic heterocycles. The number of benzene rings is 1. The second-order valence-electron chi connectivity index (χ2n) is 4.36. The fourth-order valence-corrected chi connectivity index (χ4v) is 1.69. The Bertz CT molecular complexity index is 846. The van der Waals surface area contributed by atoms with Gasteiger partial charge in [-0.15, -0.1) is 0 Å². The standard InChI is InChI=1S/C12H12N4O4S/c1-8-4-5-9-11(6-8)19-12(14-9)10(7-13)15-20-21(17,18)16(2)3/h4-6H,1-3H3/b15-10+. The molecule has 0 aliphatic carbocycles. The number of rotatable bonds is 4. The Hall–Kier alpha value is -2.44. The maximum absolute atomic E-state index is 11.4. The van der Waals surface area contributed by atoms with E-state index in [9.17, 15) is 8.42 Å². The Morgan fingerprint density at radius 3 is 2.81 bits per heavy atom. The minimum Gasteiger partial charge on any atom is -0.434 e. The molecule has 9 heteroatoms. The van der Waals surface area contributed by atoms with E-state index < -0.39 is 10.3 Å². The Morgan fingerprint density at radius 2 is 2.19 bits per heavy atom. The highest BCUT2D eigenvalue weighted by molar-refractivity contribution is 7.84. The Morgan fingerprint density at radius 1 is 1.48 bits per heavy atom. The first-order valence-electron chi connectivity index (χ1n) is 5.80. The maximum atomic E-state index is 11.4. The highest BCUT2D eigenvalue weighted by atomic mass is 32.2. The van der Waals surface area contributed by atoms with Crippen molar-refractivity contribution in [1.82, 2.24) is 9.29 Å². The summed E-state index contributed by atoms with van der Waals surface area (Å²) in [6.07, 6.45) is 0. The van der Waals surface area contributed by atoms with E-state index in [-0.39, 0.29) is 11.6 Å². The number of aromatic nitrogens is 1. The van der Waals surface area contributed by atoms with Crippen LogP contribution in [0, 0.1) is 18.3 Å². The number of nitriles is 1. The average Bonchev–Trinajstić information content (AvgIpc) is 2.81. The summed E-state index contributed by atoms with van der Waals surface area (Å²) in [6, 6.07) is 7.00. The van der Waals surface area contributed by atoms with Gasteiger partial charge in [-0.3, -0.25) is 4.28 Å². The highest BCUT2D eigenvalue weighted by Gasteiger charge is 2.18. The summed E-state index contributed by atoms with van der Waals surface area (Å²) in [5.74, 6) is -0.105. The molecule has 0 saturated carbocycles. The summed E-state index contributed by atoms with van der Waals surface area (Å²) >= 11 is 0. The number of hydrogen-bond acceptors (Lipinski definition) is 7. The Labute approximate surface area is 121 Å². The van der Waals surface area contributed by atoms with Gasteiger partial charge in [-0.2, -0.15) is 18.0 Å². The molecule has 1 heterocycles. The SMILES string of the molecule is Cc1ccc2nc(/C(C#N)=N/OS(=O)(=O)N(C)C)oc2c1. The normalized spacial score (nSPS) is 12.6. The van der Waals surface area contributed by atoms with Crippen molar-refractivity contribution in [2.24, 2.45) is 5.16 Å². The molecule has 0 aliphatic rings. The van der Waals surface area contributed by atoms with E-state index in [1.54, 1.807) is 18.2 Å². The van der Waals surface area contributed by atoms with Crippen LogP contribution < -0.4 is 0 Å². The number of oxazole rings is 1. The fourth-order valence-electron chi connectivity index (χ4n) is 1.39. The van der Waals surface area contributed by atoms with Crippen molar-refractivity contribution in [3.8, 4) is 6.07 Å². The number of nitrogens with zero attached hydrogens (tertiary/aromatic N) is 4. The van der Waals surface area contributed by atoms with Crippen LogP contribution in [0.1, 0.15) is 11.5 Å². The summed E-state index contributed by atoms with van der Waals surface area (Å²) in [4.78, 5) is 4.06. The number of aryl methyl sites for hydroxylation is 1. The quantitative estimate of drug-likeness (QED) is 0.620. The van der Waals surface area contributed by atoms with Gasteiger partial charge in [0.25, 0.3) is 5.89 Å². The fraction of sp³-hybridized carbons (Fsp3) is 0.250. The van der Waals surface area contributed by atoms with Crippen LogP contribution in [0.4, 0.5) is 0 Å². The van der Waals surface area contributed by atoms with Crippen LogP contribution in [-0.4, -0.2) is 37.5 Å². The summed E-state index contributed by atoms with van der Waals surface area (Å²) in [5, 5.41) is 12.3. The number of fused-ring (bicyclic) bond motifs is 1. The van der Waals surface area contributed by atoms with Gasteiger partial charge in [0.15, 0.2) is 5.58 Å². The van der Waals surface area contributed by atoms with Gasteiger partial charge >= 0.3 is 10.3 Å². The van der Waals surface area contributed by atoms with Gasteiger partial charge in [-0.25, -0.2) is 4.98 Å². The van der Waals surface area contributed by atoms with E-state index in [0.717, 1.165) is 9.87 Å². The smallest absolute Gasteiger partial charge is 0.404 e. The van der Waals surface area contributed by atoms with Gasteiger partial charge in [0, 0.05) is 14.1 Å². The topological polar surface area (TPSA) is 109 Å². The molecule has 2 aromatic rings. The van der Waals surface area contributed by atoms with Gasteiger partial charge in [-0.05, 0) is 29.8 Å². The average molecular weight is 308 g/mol. The van der Waals surface area contributed by atoms with Gasteiger partial charge in [0.05, 0.1) is 0 Å². The molecule has 1 aromatic carbocycles. The van der Waals surface area contributed by atoms with E-state index in [0.29, 0.717) is 11.1 Å². The van der Waals surface area contributed by atoms with E-state index in [4.69, 9.17) is 9.68 Å². The molecule has 1 aromatic heterocycles. The molecule has 2 rings (SSSR count). The van der Waals surface area contributed by atoms with Crippen LogP contribution in [-0.2, 0) is 14.6 Å². The third-order valence-electron chi connectivity index (χ3n) is 2.52. The first kappa shape index (κ1) is 15.0. The maximum Gasteiger partial charge on any atom is 0.404 e. The lowest BCUT2D eigenvalue weighted by atomic mass is 10.2. The molecule has 110 valence electrons. The first-order valence-corrected chi connectivity index (χ1v) is 7.17. The highest BCUT2D eigenvalue weighted by Crippen LogP contribution is 2.17. The van der Waals surface area contributed by atoms with Crippen molar-refractivity contribution in [1.29, 1.82) is 5.26 Å². The minimum absolute atomic E-state index is 0.105. The van der Waals surface area contributed by atoms with Gasteiger partial charge in [0.2, 0.25) is 5.71 Å². The molecule has 0 atom stereocenters. The lowest BCUT2D eigenvalue weighted by molar-refractivity contribution is 0.304. The van der Waals surface area contributed by atoms with Crippen LogP contribution in [0.5, 0.6) is 0 Å². The number of hydrogen-bond donors (Lipinski definition) is 0. The largest absolute Gasteiger partial charge is 0.434 e. The van der Waals surface area contributed by atoms with Crippen molar-refractivity contribution >= 4 is 27.1 Å². The molecule has 0 spiro atoms. The molecule has 0 fully saturated rings. The van der Waals surface area contributed by atoms with Crippen LogP contribution in [0.2, 0.25) is 0 Å². The van der Waals surface area contributed by atoms with E-state index in [2.05, 4.69) is 14.4 Å². The minimum atomic E-state index is -4.02. The third-order valence-corrected chi connectivity index (χ3v) is 3.68. The lowest BCUT2D eigenvalue weighted by Crippen LogP contribution is -2.23. The molecule has 21 heavy (non-hydrogen) atoms. The summed E-state index contributed by atoms with van der Waals surface area (Å²) in [5.41, 5.74) is 1.61. The Kier molecular flexibility index (Phi) is 3.93. The predicted molar refractivity (Wildman–Crippen MR) is 74.6 cm³/mol. The molecule has 0 unspecified atom stereocenters. The summed E-state index contributed by atoms with van der Waals surface area (Å²) < 4.78 is 33.4. The van der Waals surface area contributed by atoms with Gasteiger partial charge in [0.1, 0.15) is 11.6 Å². The van der Waals surface area contributed by atoms with E-state index >= 15 is 0 Å². The zero-order chi connectivity index (χ0) is 15.6. The first-order chi connectivity index (χ1) is 9.83. The molecule has 0 saturated heterocycles. The third kappa shape index (κ3) is 3.18. The molecular formula is C12H12N4O4S. The van der Waals surface area contributed by atoms with E-state index in [1.807, 2.05) is 13.0 Å². The molecule has 0 amide bonds. The molecule has 8 nitrogen and oxygen atoms in total. The van der Waals surface area contributed by atoms with Crippen molar-refractivity contribution in [3.63, 3.8) is 0 Å². The van der Waals surface area contributed by atoms with Crippen molar-refractivity contribution in [2.45, 2.75) is 6.92 Å². The van der Waals surface area contributed by atoms with Crippen LogP contribution in [0.3, 0.4) is 0 Å². The van der Waals surface area contributed by atoms with Gasteiger partial charge < -0.3 is 4.42 Å². The molecule has 0 bridgehead atoms. The molecular weight excluding hydrogens is 296 g/mol. The van der Waals surface area contributed by atoms with Crippen molar-refractivity contribution in [3.05, 3.63) is 29.7 Å². The van der Waals surface area contributed by atoms with Crippen LogP contribution in [0.25, 0.3) is 11.1 Å². The van der Waals surface area contributed by atoms with Crippen molar-refractivity contribution < 1.29 is 17.1 Å². The summed E-state index contributed by atoms with van der Waals surface area (Å²) in [7, 11) is -1.47. The van der Waals surface area contributed by atoms with E-state index in [1.165, 1.54) is 14.1 Å². The van der Waals surface area contributed by atoms with Crippen LogP contribution in [0.15, 0.2) is 27.8 Å². The van der Waals surface area contributed by atoms with Crippen LogP contribution >= 0.6 is 0 Å². The monoisotopic (exact) mass is 308 g/mol. The van der Waals surface area contributed by atoms with Gasteiger partial charge in [-0.1, -0.05) is 6.07 Å². The second kappa shape index (κ2) is 5.51. The predicted octanol–water partition coefficient (Wildman–Crippen LogP) is 1.19. The lowest BCUT2D eigenvalue weighted by Gasteiger charge is -2.06. The second-order valence-corrected chi connectivity index (χ2v) is 6.09. The number of oxime groups is 1. The zero-order valence-corrected chi connectivity index (χ0v) is 12.4. The molecule has 0 radical (unpaired) electrons. The zero-order valence-electron chi connectivity index (χ0n) is 11.6.